The quantitative estimate of drug-likeness (QED) is 0.701. The molecule has 0 radical (unpaired) electrons. The standard InChI is InChI=1S/C11H20N2O2/c1-4-6-12-7-5-11-13-8-10(15-11)9(2)14-3/h8-9,12H,4-7H2,1-3H3. The normalized spacial score (nSPS) is 13.0. The number of ether oxygens (including phenoxy) is 1. The van der Waals surface area contributed by atoms with Crippen molar-refractivity contribution in [2.24, 2.45) is 0 Å². The molecule has 1 heterocycles. The Hall–Kier alpha value is -0.870. The van der Waals surface area contributed by atoms with Crippen molar-refractivity contribution in [1.29, 1.82) is 0 Å². The SMILES string of the molecule is CCCNCCc1ncc(C(C)OC)o1. The Morgan fingerprint density at radius 1 is 1.53 bits per heavy atom. The number of nitrogens with zero attached hydrogens (tertiary/aromatic N) is 1. The third-order valence-electron chi connectivity index (χ3n) is 2.27. The van der Waals surface area contributed by atoms with Gasteiger partial charge in [0.1, 0.15) is 6.10 Å². The van der Waals surface area contributed by atoms with Gasteiger partial charge in [-0.25, -0.2) is 4.98 Å². The molecule has 1 N–H and O–H groups in total. The fourth-order valence-corrected chi connectivity index (χ4v) is 1.24. The zero-order valence-electron chi connectivity index (χ0n) is 9.75. The molecular weight excluding hydrogens is 192 g/mol. The van der Waals surface area contributed by atoms with Crippen LogP contribution in [0.25, 0.3) is 0 Å². The van der Waals surface area contributed by atoms with Gasteiger partial charge in [-0.15, -0.1) is 0 Å². The maximum Gasteiger partial charge on any atom is 0.195 e. The lowest BCUT2D eigenvalue weighted by Crippen LogP contribution is -2.17. The maximum absolute atomic E-state index is 5.54. The van der Waals surface area contributed by atoms with Crippen LogP contribution in [0.4, 0.5) is 0 Å². The molecule has 4 nitrogen and oxygen atoms in total. The minimum absolute atomic E-state index is 0.0187. The summed E-state index contributed by atoms with van der Waals surface area (Å²) in [7, 11) is 1.66. The first-order valence-corrected chi connectivity index (χ1v) is 5.46. The first kappa shape index (κ1) is 12.2. The average molecular weight is 212 g/mol. The van der Waals surface area contributed by atoms with Gasteiger partial charge < -0.3 is 14.5 Å². The van der Waals surface area contributed by atoms with E-state index < -0.39 is 0 Å². The van der Waals surface area contributed by atoms with Gasteiger partial charge in [-0.05, 0) is 19.9 Å². The van der Waals surface area contributed by atoms with Crippen LogP contribution in [-0.4, -0.2) is 25.2 Å². The molecule has 1 atom stereocenters. The second-order valence-electron chi connectivity index (χ2n) is 3.53. The Kier molecular flexibility index (Phi) is 5.36. The van der Waals surface area contributed by atoms with Crippen LogP contribution in [0.3, 0.4) is 0 Å². The largest absolute Gasteiger partial charge is 0.443 e. The number of nitrogens with one attached hydrogen (secondary N) is 1. The zero-order valence-corrected chi connectivity index (χ0v) is 9.75. The van der Waals surface area contributed by atoms with Crippen molar-refractivity contribution in [3.63, 3.8) is 0 Å². The Morgan fingerprint density at radius 3 is 3.00 bits per heavy atom. The minimum atomic E-state index is -0.0187. The molecule has 0 spiro atoms. The van der Waals surface area contributed by atoms with Crippen LogP contribution in [0.1, 0.15) is 38.0 Å². The van der Waals surface area contributed by atoms with Crippen LogP contribution < -0.4 is 5.32 Å². The maximum atomic E-state index is 5.54. The van der Waals surface area contributed by atoms with Crippen LogP contribution in [-0.2, 0) is 11.2 Å². The Bertz CT molecular complexity index is 273. The number of methoxy groups -OCH3 is 1. The van der Waals surface area contributed by atoms with Gasteiger partial charge in [0.25, 0.3) is 0 Å². The highest BCUT2D eigenvalue weighted by Crippen LogP contribution is 2.16. The molecule has 1 rings (SSSR count). The molecule has 1 unspecified atom stereocenters. The van der Waals surface area contributed by atoms with Gasteiger partial charge in [0.2, 0.25) is 0 Å². The summed E-state index contributed by atoms with van der Waals surface area (Å²) in [6.07, 6.45) is 3.70. The van der Waals surface area contributed by atoms with Crippen LogP contribution >= 0.6 is 0 Å². The smallest absolute Gasteiger partial charge is 0.195 e. The summed E-state index contributed by atoms with van der Waals surface area (Å²) < 4.78 is 10.7. The average Bonchev–Trinajstić information content (AvgIpc) is 2.72. The number of aromatic nitrogens is 1. The molecule has 0 aliphatic rings. The Labute approximate surface area is 91.0 Å². The summed E-state index contributed by atoms with van der Waals surface area (Å²) in [5, 5.41) is 3.30. The van der Waals surface area contributed by atoms with E-state index in [1.165, 1.54) is 0 Å². The van der Waals surface area contributed by atoms with Crippen molar-refractivity contribution in [1.82, 2.24) is 10.3 Å². The first-order valence-electron chi connectivity index (χ1n) is 5.46. The van der Waals surface area contributed by atoms with Crippen LogP contribution in [0, 0.1) is 0 Å². The molecular formula is C11H20N2O2. The van der Waals surface area contributed by atoms with E-state index in [-0.39, 0.29) is 6.10 Å². The lowest BCUT2D eigenvalue weighted by molar-refractivity contribution is 0.0983. The van der Waals surface area contributed by atoms with Gasteiger partial charge in [-0.3, -0.25) is 0 Å². The molecule has 0 fully saturated rings. The van der Waals surface area contributed by atoms with Crippen molar-refractivity contribution < 1.29 is 9.15 Å². The zero-order chi connectivity index (χ0) is 11.1. The van der Waals surface area contributed by atoms with E-state index in [0.717, 1.165) is 37.6 Å². The van der Waals surface area contributed by atoms with Gasteiger partial charge in [0, 0.05) is 20.1 Å². The molecule has 0 saturated heterocycles. The predicted molar refractivity (Wildman–Crippen MR) is 58.8 cm³/mol. The van der Waals surface area contributed by atoms with E-state index in [0.29, 0.717) is 0 Å². The van der Waals surface area contributed by atoms with E-state index in [1.807, 2.05) is 6.92 Å². The van der Waals surface area contributed by atoms with E-state index in [4.69, 9.17) is 9.15 Å². The monoisotopic (exact) mass is 212 g/mol. The van der Waals surface area contributed by atoms with E-state index >= 15 is 0 Å². The third-order valence-corrected chi connectivity index (χ3v) is 2.27. The van der Waals surface area contributed by atoms with E-state index in [9.17, 15) is 0 Å². The molecule has 0 aliphatic heterocycles. The van der Waals surface area contributed by atoms with Gasteiger partial charge in [-0.2, -0.15) is 0 Å². The van der Waals surface area contributed by atoms with Crippen LogP contribution in [0.2, 0.25) is 0 Å². The number of oxazole rings is 1. The van der Waals surface area contributed by atoms with Gasteiger partial charge in [0.05, 0.1) is 6.20 Å². The van der Waals surface area contributed by atoms with E-state index in [2.05, 4.69) is 17.2 Å². The molecule has 15 heavy (non-hydrogen) atoms. The summed E-state index contributed by atoms with van der Waals surface area (Å²) in [4.78, 5) is 4.20. The molecule has 1 aromatic heterocycles. The summed E-state index contributed by atoms with van der Waals surface area (Å²) in [6.45, 7) is 6.05. The molecule has 1 aromatic rings. The number of hydrogen-bond donors (Lipinski definition) is 1. The molecule has 4 heteroatoms. The highest BCUT2D eigenvalue weighted by molar-refractivity contribution is 4.97. The minimum Gasteiger partial charge on any atom is -0.443 e. The number of hydrogen-bond acceptors (Lipinski definition) is 4. The summed E-state index contributed by atoms with van der Waals surface area (Å²) in [5.41, 5.74) is 0. The molecule has 86 valence electrons. The second kappa shape index (κ2) is 6.58. The summed E-state index contributed by atoms with van der Waals surface area (Å²) >= 11 is 0. The molecule has 0 aromatic carbocycles. The van der Waals surface area contributed by atoms with Crippen molar-refractivity contribution in [3.8, 4) is 0 Å². The lowest BCUT2D eigenvalue weighted by Gasteiger charge is -2.03. The Balaban J connectivity index is 2.33. The van der Waals surface area contributed by atoms with Crippen LogP contribution in [0.5, 0.6) is 0 Å². The first-order chi connectivity index (χ1) is 7.27. The topological polar surface area (TPSA) is 47.3 Å². The molecule has 0 aliphatic carbocycles. The van der Waals surface area contributed by atoms with Crippen molar-refractivity contribution in [3.05, 3.63) is 17.8 Å². The van der Waals surface area contributed by atoms with Crippen molar-refractivity contribution in [2.75, 3.05) is 20.2 Å². The van der Waals surface area contributed by atoms with Gasteiger partial charge in [0.15, 0.2) is 11.7 Å². The summed E-state index contributed by atoms with van der Waals surface area (Å²) in [5.74, 6) is 1.57. The van der Waals surface area contributed by atoms with E-state index in [1.54, 1.807) is 13.3 Å². The van der Waals surface area contributed by atoms with Crippen molar-refractivity contribution >= 4 is 0 Å². The number of rotatable bonds is 7. The second-order valence-corrected chi connectivity index (χ2v) is 3.53. The fourth-order valence-electron chi connectivity index (χ4n) is 1.24. The van der Waals surface area contributed by atoms with Crippen molar-refractivity contribution in [2.45, 2.75) is 32.8 Å². The Morgan fingerprint density at radius 2 is 2.33 bits per heavy atom. The highest BCUT2D eigenvalue weighted by atomic mass is 16.5. The molecule has 0 amide bonds. The van der Waals surface area contributed by atoms with Crippen LogP contribution in [0.15, 0.2) is 10.6 Å². The predicted octanol–water partition coefficient (Wildman–Crippen LogP) is 1.92. The lowest BCUT2D eigenvalue weighted by atomic mass is 10.3. The van der Waals surface area contributed by atoms with Gasteiger partial charge in [-0.1, -0.05) is 6.92 Å². The van der Waals surface area contributed by atoms with Gasteiger partial charge >= 0.3 is 0 Å². The third kappa shape index (κ3) is 4.01. The molecule has 0 saturated carbocycles. The summed E-state index contributed by atoms with van der Waals surface area (Å²) in [6, 6.07) is 0. The highest BCUT2D eigenvalue weighted by Gasteiger charge is 2.09. The fraction of sp³-hybridized carbons (Fsp3) is 0.727. The molecule has 0 bridgehead atoms.